The highest BCUT2D eigenvalue weighted by Crippen LogP contribution is 2.16. The second kappa shape index (κ2) is 5.48. The number of fused-ring (bicyclic) bond motifs is 1. The summed E-state index contributed by atoms with van der Waals surface area (Å²) >= 11 is 0. The molecule has 1 N–H and O–H groups in total. The van der Waals surface area contributed by atoms with E-state index in [-0.39, 0.29) is 0 Å². The maximum absolute atomic E-state index is 4.49. The molecule has 0 bridgehead atoms. The van der Waals surface area contributed by atoms with E-state index in [0.29, 0.717) is 6.04 Å². The molecule has 1 unspecified atom stereocenters. The molecule has 2 aromatic rings. The van der Waals surface area contributed by atoms with Gasteiger partial charge in [-0.15, -0.1) is 0 Å². The summed E-state index contributed by atoms with van der Waals surface area (Å²) in [5.74, 6) is 0. The normalized spacial score (nSPS) is 13.1. The van der Waals surface area contributed by atoms with Gasteiger partial charge in [0.25, 0.3) is 0 Å². The van der Waals surface area contributed by atoms with E-state index in [2.05, 4.69) is 35.3 Å². The second-order valence-electron chi connectivity index (χ2n) is 4.99. The summed E-state index contributed by atoms with van der Waals surface area (Å²) < 4.78 is 1.83. The van der Waals surface area contributed by atoms with E-state index in [9.17, 15) is 0 Å². The highest BCUT2D eigenvalue weighted by molar-refractivity contribution is 5.78. The van der Waals surface area contributed by atoms with Gasteiger partial charge in [-0.3, -0.25) is 4.68 Å². The first-order valence-electron chi connectivity index (χ1n) is 6.63. The van der Waals surface area contributed by atoms with Crippen molar-refractivity contribution < 1.29 is 0 Å². The van der Waals surface area contributed by atoms with Crippen molar-refractivity contribution in [3.8, 4) is 0 Å². The highest BCUT2D eigenvalue weighted by Gasteiger charge is 2.07. The first-order valence-corrected chi connectivity index (χ1v) is 6.63. The van der Waals surface area contributed by atoms with Crippen LogP contribution in [0.25, 0.3) is 11.0 Å². The lowest BCUT2D eigenvalue weighted by Crippen LogP contribution is -2.25. The average molecular weight is 246 g/mol. The van der Waals surface area contributed by atoms with Crippen LogP contribution in [0.15, 0.2) is 12.3 Å². The highest BCUT2D eigenvalue weighted by atomic mass is 15.3. The minimum atomic E-state index is 0.556. The predicted octanol–water partition coefficient (Wildman–Crippen LogP) is 2.55. The molecule has 0 amide bonds. The molecule has 0 spiro atoms. The second-order valence-corrected chi connectivity index (χ2v) is 4.99. The largest absolute Gasteiger partial charge is 0.310 e. The molecule has 0 fully saturated rings. The number of aryl methyl sites for hydroxylation is 2. The van der Waals surface area contributed by atoms with Crippen molar-refractivity contribution in [3.63, 3.8) is 0 Å². The summed E-state index contributed by atoms with van der Waals surface area (Å²) in [5, 5.41) is 9.07. The quantitative estimate of drug-likeness (QED) is 0.881. The van der Waals surface area contributed by atoms with E-state index >= 15 is 0 Å². The number of pyridine rings is 1. The van der Waals surface area contributed by atoms with Gasteiger partial charge in [0, 0.05) is 31.2 Å². The number of hydrogen-bond donors (Lipinski definition) is 1. The van der Waals surface area contributed by atoms with Gasteiger partial charge in [-0.25, -0.2) is 4.98 Å². The third-order valence-electron chi connectivity index (χ3n) is 3.30. The van der Waals surface area contributed by atoms with Crippen LogP contribution in [0.4, 0.5) is 0 Å². The van der Waals surface area contributed by atoms with Crippen molar-refractivity contribution in [2.75, 3.05) is 0 Å². The summed E-state index contributed by atoms with van der Waals surface area (Å²) in [6.07, 6.45) is 4.36. The Bertz CT molecular complexity index is 530. The molecule has 2 aromatic heterocycles. The van der Waals surface area contributed by atoms with Gasteiger partial charge >= 0.3 is 0 Å². The molecule has 0 saturated carbocycles. The minimum Gasteiger partial charge on any atom is -0.310 e. The zero-order valence-electron chi connectivity index (χ0n) is 11.7. The van der Waals surface area contributed by atoms with Crippen LogP contribution < -0.4 is 5.32 Å². The Morgan fingerprint density at radius 3 is 2.94 bits per heavy atom. The van der Waals surface area contributed by atoms with Gasteiger partial charge in [-0.05, 0) is 31.9 Å². The Morgan fingerprint density at radius 1 is 1.44 bits per heavy atom. The molecular formula is C14H22N4. The van der Waals surface area contributed by atoms with Crippen molar-refractivity contribution in [1.82, 2.24) is 20.1 Å². The summed E-state index contributed by atoms with van der Waals surface area (Å²) in [6.45, 7) is 7.34. The summed E-state index contributed by atoms with van der Waals surface area (Å²) in [6, 6.07) is 2.75. The van der Waals surface area contributed by atoms with Gasteiger partial charge in [0.1, 0.15) is 0 Å². The Balaban J connectivity index is 2.12. The first kappa shape index (κ1) is 13.0. The van der Waals surface area contributed by atoms with Crippen molar-refractivity contribution in [3.05, 3.63) is 23.5 Å². The number of aromatic nitrogens is 3. The molecule has 0 aliphatic carbocycles. The third kappa shape index (κ3) is 2.70. The smallest absolute Gasteiger partial charge is 0.157 e. The first-order chi connectivity index (χ1) is 8.61. The van der Waals surface area contributed by atoms with Crippen LogP contribution in [0.5, 0.6) is 0 Å². The van der Waals surface area contributed by atoms with Crippen LogP contribution in [-0.2, 0) is 13.6 Å². The monoisotopic (exact) mass is 246 g/mol. The average Bonchev–Trinajstić information content (AvgIpc) is 2.63. The van der Waals surface area contributed by atoms with Crippen molar-refractivity contribution in [2.24, 2.45) is 7.05 Å². The van der Waals surface area contributed by atoms with Crippen LogP contribution in [0.3, 0.4) is 0 Å². The van der Waals surface area contributed by atoms with Gasteiger partial charge in [0.05, 0.1) is 5.69 Å². The Kier molecular flexibility index (Phi) is 3.97. The van der Waals surface area contributed by atoms with Gasteiger partial charge in [0.2, 0.25) is 0 Å². The SMILES string of the molecule is CCCC(C)NCc1cnc2c(c1)c(C)nn2C. The Hall–Kier alpha value is -1.42. The van der Waals surface area contributed by atoms with E-state index in [1.54, 1.807) is 0 Å². The third-order valence-corrected chi connectivity index (χ3v) is 3.30. The molecule has 2 heterocycles. The zero-order chi connectivity index (χ0) is 13.1. The van der Waals surface area contributed by atoms with Crippen molar-refractivity contribution in [2.45, 2.75) is 46.2 Å². The molecule has 0 saturated heterocycles. The van der Waals surface area contributed by atoms with E-state index in [0.717, 1.165) is 23.3 Å². The molecule has 0 radical (unpaired) electrons. The van der Waals surface area contributed by atoms with Gasteiger partial charge in [-0.2, -0.15) is 5.10 Å². The van der Waals surface area contributed by atoms with Crippen LogP contribution in [0.1, 0.15) is 37.9 Å². The number of nitrogens with one attached hydrogen (secondary N) is 1. The fraction of sp³-hybridized carbons (Fsp3) is 0.571. The zero-order valence-corrected chi connectivity index (χ0v) is 11.7. The molecule has 18 heavy (non-hydrogen) atoms. The molecule has 98 valence electrons. The summed E-state index contributed by atoms with van der Waals surface area (Å²) in [4.78, 5) is 4.49. The molecule has 0 aliphatic rings. The topological polar surface area (TPSA) is 42.7 Å². The van der Waals surface area contributed by atoms with E-state index in [1.807, 2.05) is 24.9 Å². The predicted molar refractivity (Wildman–Crippen MR) is 74.5 cm³/mol. The maximum atomic E-state index is 4.49. The van der Waals surface area contributed by atoms with E-state index in [4.69, 9.17) is 0 Å². The maximum Gasteiger partial charge on any atom is 0.157 e. The number of nitrogens with zero attached hydrogens (tertiary/aromatic N) is 3. The molecule has 1 atom stereocenters. The lowest BCUT2D eigenvalue weighted by atomic mass is 10.1. The van der Waals surface area contributed by atoms with E-state index < -0.39 is 0 Å². The summed E-state index contributed by atoms with van der Waals surface area (Å²) in [5.41, 5.74) is 3.22. The molecule has 0 aromatic carbocycles. The van der Waals surface area contributed by atoms with Gasteiger partial charge in [0.15, 0.2) is 5.65 Å². The standard InChI is InChI=1S/C14H22N4/c1-5-6-10(2)15-8-12-7-13-11(3)17-18(4)14(13)16-9-12/h7,9-10,15H,5-6,8H2,1-4H3. The molecule has 4 nitrogen and oxygen atoms in total. The van der Waals surface area contributed by atoms with Gasteiger partial charge in [-0.1, -0.05) is 13.3 Å². The van der Waals surface area contributed by atoms with Crippen LogP contribution >= 0.6 is 0 Å². The lowest BCUT2D eigenvalue weighted by molar-refractivity contribution is 0.508. The Morgan fingerprint density at radius 2 is 2.22 bits per heavy atom. The van der Waals surface area contributed by atoms with Crippen LogP contribution in [0.2, 0.25) is 0 Å². The van der Waals surface area contributed by atoms with Crippen molar-refractivity contribution in [1.29, 1.82) is 0 Å². The number of hydrogen-bond acceptors (Lipinski definition) is 3. The Labute approximate surface area is 108 Å². The number of rotatable bonds is 5. The van der Waals surface area contributed by atoms with Crippen molar-refractivity contribution >= 4 is 11.0 Å². The minimum absolute atomic E-state index is 0.556. The molecule has 4 heteroatoms. The van der Waals surface area contributed by atoms with E-state index in [1.165, 1.54) is 18.4 Å². The fourth-order valence-corrected chi connectivity index (χ4v) is 2.27. The summed E-state index contributed by atoms with van der Waals surface area (Å²) in [7, 11) is 1.93. The van der Waals surface area contributed by atoms with Gasteiger partial charge < -0.3 is 5.32 Å². The lowest BCUT2D eigenvalue weighted by Gasteiger charge is -2.12. The molecule has 2 rings (SSSR count). The fourth-order valence-electron chi connectivity index (χ4n) is 2.27. The molecular weight excluding hydrogens is 224 g/mol. The van der Waals surface area contributed by atoms with Crippen LogP contribution in [-0.4, -0.2) is 20.8 Å². The van der Waals surface area contributed by atoms with Crippen LogP contribution in [0, 0.1) is 6.92 Å². The molecule has 0 aliphatic heterocycles.